The minimum Gasteiger partial charge on any atom is -0.354 e. The summed E-state index contributed by atoms with van der Waals surface area (Å²) in [5.41, 5.74) is 8.68. The average Bonchev–Trinajstić information content (AvgIpc) is 3.64. The second-order valence-electron chi connectivity index (χ2n) is 9.30. The van der Waals surface area contributed by atoms with Gasteiger partial charge in [0.25, 0.3) is 0 Å². The van der Waals surface area contributed by atoms with Gasteiger partial charge in [0.05, 0.1) is 11.9 Å². The van der Waals surface area contributed by atoms with E-state index in [1.807, 2.05) is 24.7 Å². The molecule has 0 bridgehead atoms. The topological polar surface area (TPSA) is 76.4 Å². The minimum atomic E-state index is 0.610. The van der Waals surface area contributed by atoms with Crippen LogP contribution in [-0.2, 0) is 13.0 Å². The molecule has 0 amide bonds. The van der Waals surface area contributed by atoms with Crippen LogP contribution in [0.25, 0.3) is 33.5 Å². The number of aromatic amines is 3. The number of aromatic nitrogens is 5. The monoisotopic (exact) mass is 450 g/mol. The summed E-state index contributed by atoms with van der Waals surface area (Å²) in [5.74, 6) is 1.56. The van der Waals surface area contributed by atoms with Crippen LogP contribution in [0.2, 0.25) is 0 Å². The summed E-state index contributed by atoms with van der Waals surface area (Å²) < 4.78 is 0. The van der Waals surface area contributed by atoms with Crippen molar-refractivity contribution < 1.29 is 0 Å². The highest BCUT2D eigenvalue weighted by Crippen LogP contribution is 2.35. The van der Waals surface area contributed by atoms with Crippen molar-refractivity contribution in [2.24, 2.45) is 0 Å². The number of fused-ring (bicyclic) bond motifs is 1. The van der Waals surface area contributed by atoms with E-state index in [2.05, 4.69) is 79.4 Å². The van der Waals surface area contributed by atoms with Crippen molar-refractivity contribution in [2.45, 2.75) is 38.6 Å². The first-order valence-corrected chi connectivity index (χ1v) is 12.2. The van der Waals surface area contributed by atoms with Gasteiger partial charge >= 0.3 is 0 Å². The molecule has 0 radical (unpaired) electrons. The van der Waals surface area contributed by atoms with Crippen LogP contribution in [0.5, 0.6) is 0 Å². The molecule has 6 heteroatoms. The Morgan fingerprint density at radius 3 is 2.59 bits per heavy atom. The lowest BCUT2D eigenvalue weighted by Crippen LogP contribution is -2.32. The van der Waals surface area contributed by atoms with E-state index in [0.717, 1.165) is 43.0 Å². The maximum absolute atomic E-state index is 4.59. The molecule has 0 spiro atoms. The van der Waals surface area contributed by atoms with Gasteiger partial charge in [-0.2, -0.15) is 5.10 Å². The third-order valence-corrected chi connectivity index (χ3v) is 7.20. The highest BCUT2D eigenvalue weighted by molar-refractivity contribution is 5.91. The molecule has 3 aromatic heterocycles. The van der Waals surface area contributed by atoms with Crippen molar-refractivity contribution in [3.05, 3.63) is 83.9 Å². The standard InChI is InChI=1S/C28H30N6/c1-2-24-25-14-21(8-9-26(25)33-27(24)22-15-30-31-16-22)19-10-12-34(13-11-19)18-23-17-29-28(32-23)20-6-4-3-5-7-20/h3-9,14-17,19,33H,2,10-13,18H2,1H3,(H,29,32)(H,30,31). The maximum atomic E-state index is 4.59. The molecule has 5 aromatic rings. The van der Waals surface area contributed by atoms with Crippen LogP contribution in [0.3, 0.4) is 0 Å². The summed E-state index contributed by atoms with van der Waals surface area (Å²) in [6.07, 6.45) is 9.21. The smallest absolute Gasteiger partial charge is 0.137 e. The van der Waals surface area contributed by atoms with E-state index in [4.69, 9.17) is 0 Å². The van der Waals surface area contributed by atoms with Crippen molar-refractivity contribution in [2.75, 3.05) is 13.1 Å². The molecule has 1 saturated heterocycles. The minimum absolute atomic E-state index is 0.610. The Labute approximate surface area is 199 Å². The molecule has 0 saturated carbocycles. The van der Waals surface area contributed by atoms with E-state index in [-0.39, 0.29) is 0 Å². The molecule has 6 nitrogen and oxygen atoms in total. The molecule has 34 heavy (non-hydrogen) atoms. The quantitative estimate of drug-likeness (QED) is 0.302. The fraction of sp³-hybridized carbons (Fsp3) is 0.286. The predicted octanol–water partition coefficient (Wildman–Crippen LogP) is 5.89. The molecule has 2 aromatic carbocycles. The Morgan fingerprint density at radius 2 is 1.82 bits per heavy atom. The average molecular weight is 451 g/mol. The Kier molecular flexibility index (Phi) is 5.51. The van der Waals surface area contributed by atoms with Crippen molar-refractivity contribution >= 4 is 10.9 Å². The Balaban J connectivity index is 1.14. The van der Waals surface area contributed by atoms with Crippen molar-refractivity contribution in [1.82, 2.24) is 30.0 Å². The summed E-state index contributed by atoms with van der Waals surface area (Å²) in [4.78, 5) is 14.3. The highest BCUT2D eigenvalue weighted by Gasteiger charge is 2.22. The molecule has 1 aliphatic rings. The second-order valence-corrected chi connectivity index (χ2v) is 9.30. The zero-order valence-corrected chi connectivity index (χ0v) is 19.5. The van der Waals surface area contributed by atoms with Gasteiger partial charge in [-0.1, -0.05) is 43.3 Å². The number of piperidine rings is 1. The van der Waals surface area contributed by atoms with Gasteiger partial charge < -0.3 is 9.97 Å². The van der Waals surface area contributed by atoms with Crippen LogP contribution in [-0.4, -0.2) is 43.1 Å². The van der Waals surface area contributed by atoms with E-state index < -0.39 is 0 Å². The number of likely N-dealkylation sites (tertiary alicyclic amines) is 1. The summed E-state index contributed by atoms with van der Waals surface area (Å²) in [5, 5.41) is 8.42. The SMILES string of the molecule is CCc1c(-c2cn[nH]c2)[nH]c2ccc(C3CCN(Cc4cnc(-c5ccccc5)[nH]4)CC3)cc12. The molecule has 1 fully saturated rings. The van der Waals surface area contributed by atoms with Crippen molar-refractivity contribution in [1.29, 1.82) is 0 Å². The summed E-state index contributed by atoms with van der Waals surface area (Å²) in [6, 6.07) is 17.3. The van der Waals surface area contributed by atoms with Gasteiger partial charge in [-0.05, 0) is 61.5 Å². The van der Waals surface area contributed by atoms with Gasteiger partial charge in [0.2, 0.25) is 0 Å². The lowest BCUT2D eigenvalue weighted by Gasteiger charge is -2.31. The number of imidazole rings is 1. The van der Waals surface area contributed by atoms with Crippen molar-refractivity contribution in [3.63, 3.8) is 0 Å². The first-order valence-electron chi connectivity index (χ1n) is 12.2. The fourth-order valence-corrected chi connectivity index (χ4v) is 5.37. The normalized spacial score (nSPS) is 15.3. The summed E-state index contributed by atoms with van der Waals surface area (Å²) in [7, 11) is 0. The van der Waals surface area contributed by atoms with Crippen LogP contribution >= 0.6 is 0 Å². The highest BCUT2D eigenvalue weighted by atomic mass is 15.1. The lowest BCUT2D eigenvalue weighted by atomic mass is 9.88. The van der Waals surface area contributed by atoms with Gasteiger partial charge in [0.1, 0.15) is 5.82 Å². The lowest BCUT2D eigenvalue weighted by molar-refractivity contribution is 0.203. The molecule has 0 atom stereocenters. The number of rotatable bonds is 6. The van der Waals surface area contributed by atoms with Crippen molar-refractivity contribution in [3.8, 4) is 22.6 Å². The molecule has 3 N–H and O–H groups in total. The van der Waals surface area contributed by atoms with Gasteiger partial charge in [-0.15, -0.1) is 0 Å². The third kappa shape index (κ3) is 3.94. The molecule has 4 heterocycles. The van der Waals surface area contributed by atoms with Crippen LogP contribution in [0.4, 0.5) is 0 Å². The molecule has 0 unspecified atom stereocenters. The summed E-state index contributed by atoms with van der Waals surface area (Å²) >= 11 is 0. The van der Waals surface area contributed by atoms with Crippen LogP contribution in [0, 0.1) is 0 Å². The Bertz CT molecular complexity index is 1370. The number of aryl methyl sites for hydroxylation is 1. The van der Waals surface area contributed by atoms with Crippen LogP contribution in [0.1, 0.15) is 42.5 Å². The number of hydrogen-bond donors (Lipinski definition) is 3. The van der Waals surface area contributed by atoms with E-state index >= 15 is 0 Å². The van der Waals surface area contributed by atoms with Gasteiger partial charge in [0.15, 0.2) is 0 Å². The summed E-state index contributed by atoms with van der Waals surface area (Å²) in [6.45, 7) is 5.38. The first-order chi connectivity index (χ1) is 16.8. The molecule has 172 valence electrons. The van der Waals surface area contributed by atoms with E-state index in [9.17, 15) is 0 Å². The van der Waals surface area contributed by atoms with Crippen LogP contribution in [0.15, 0.2) is 67.1 Å². The molecular weight excluding hydrogens is 420 g/mol. The fourth-order valence-electron chi connectivity index (χ4n) is 5.37. The van der Waals surface area contributed by atoms with E-state index in [1.54, 1.807) is 0 Å². The first kappa shape index (κ1) is 20.9. The zero-order valence-electron chi connectivity index (χ0n) is 19.5. The number of nitrogens with one attached hydrogen (secondary N) is 3. The molecule has 6 rings (SSSR count). The van der Waals surface area contributed by atoms with Gasteiger partial charge in [0, 0.05) is 46.7 Å². The number of hydrogen-bond acceptors (Lipinski definition) is 3. The predicted molar refractivity (Wildman–Crippen MR) is 137 cm³/mol. The molecule has 1 aliphatic heterocycles. The van der Waals surface area contributed by atoms with Gasteiger partial charge in [-0.25, -0.2) is 4.98 Å². The second kappa shape index (κ2) is 8.95. The van der Waals surface area contributed by atoms with E-state index in [0.29, 0.717) is 5.92 Å². The molecule has 0 aliphatic carbocycles. The zero-order chi connectivity index (χ0) is 22.9. The molecular formula is C28H30N6. The van der Waals surface area contributed by atoms with Gasteiger partial charge in [-0.3, -0.25) is 10.00 Å². The number of H-pyrrole nitrogens is 3. The maximum Gasteiger partial charge on any atom is 0.137 e. The largest absolute Gasteiger partial charge is 0.354 e. The Morgan fingerprint density at radius 1 is 0.971 bits per heavy atom. The number of benzene rings is 2. The third-order valence-electron chi connectivity index (χ3n) is 7.20. The van der Waals surface area contributed by atoms with Crippen LogP contribution < -0.4 is 0 Å². The Hall–Kier alpha value is -3.64. The number of nitrogens with zero attached hydrogens (tertiary/aromatic N) is 3. The van der Waals surface area contributed by atoms with E-state index in [1.165, 1.54) is 46.3 Å².